The van der Waals surface area contributed by atoms with Crippen molar-refractivity contribution in [1.29, 1.82) is 0 Å². The van der Waals surface area contributed by atoms with Gasteiger partial charge in [-0.2, -0.15) is 0 Å². The van der Waals surface area contributed by atoms with Gasteiger partial charge >= 0.3 is 0 Å². The number of hydrogen-bond donors (Lipinski definition) is 0. The predicted octanol–water partition coefficient (Wildman–Crippen LogP) is 5.46. The van der Waals surface area contributed by atoms with E-state index in [9.17, 15) is 0 Å². The molecule has 4 aliphatic carbocycles. The molecule has 6 rings (SSSR count). The molecule has 2 heteroatoms. The van der Waals surface area contributed by atoms with Crippen LogP contribution >= 0.6 is 0 Å². The molecule has 0 N–H and O–H groups in total. The van der Waals surface area contributed by atoms with Crippen molar-refractivity contribution in [2.24, 2.45) is 17.8 Å². The number of hydrogen-bond acceptors (Lipinski definition) is 2. The van der Waals surface area contributed by atoms with E-state index < -0.39 is 0 Å². The summed E-state index contributed by atoms with van der Waals surface area (Å²) in [5.41, 5.74) is 2.80. The van der Waals surface area contributed by atoms with E-state index in [0.717, 1.165) is 17.6 Å². The molecule has 2 nitrogen and oxygen atoms in total. The lowest BCUT2D eigenvalue weighted by Gasteiger charge is -2.57. The maximum Gasteiger partial charge on any atom is 0.127 e. The highest BCUT2D eigenvalue weighted by Crippen LogP contribution is 2.60. The van der Waals surface area contributed by atoms with Gasteiger partial charge in [0.25, 0.3) is 0 Å². The third-order valence-electron chi connectivity index (χ3n) is 6.93. The van der Waals surface area contributed by atoms with E-state index in [-0.39, 0.29) is 5.60 Å². The summed E-state index contributed by atoms with van der Waals surface area (Å²) in [6.45, 7) is 0. The monoisotopic (exact) mass is 334 g/mol. The van der Waals surface area contributed by atoms with Crippen LogP contribution < -0.4 is 4.74 Å². The van der Waals surface area contributed by atoms with Crippen LogP contribution in [0.5, 0.6) is 5.75 Å². The summed E-state index contributed by atoms with van der Waals surface area (Å²) in [5.74, 6) is 3.41. The maximum absolute atomic E-state index is 6.20. The van der Waals surface area contributed by atoms with Gasteiger partial charge in [0.1, 0.15) is 5.75 Å². The summed E-state index contributed by atoms with van der Waals surface area (Å²) < 4.78 is 11.9. The molecule has 2 atom stereocenters. The lowest BCUT2D eigenvalue weighted by Crippen LogP contribution is -2.53. The van der Waals surface area contributed by atoms with Crippen molar-refractivity contribution in [3.8, 4) is 5.75 Å². The molecule has 0 aromatic heterocycles. The van der Waals surface area contributed by atoms with Crippen LogP contribution in [0, 0.1) is 17.8 Å². The zero-order valence-electron chi connectivity index (χ0n) is 15.1. The minimum atomic E-state index is -0.0150. The average molecular weight is 334 g/mol. The molecule has 0 saturated heterocycles. The van der Waals surface area contributed by atoms with E-state index in [4.69, 9.17) is 9.47 Å². The van der Waals surface area contributed by atoms with E-state index in [0.29, 0.717) is 5.92 Å². The first kappa shape index (κ1) is 15.5. The maximum atomic E-state index is 6.20. The van der Waals surface area contributed by atoms with Crippen LogP contribution in [0.4, 0.5) is 0 Å². The van der Waals surface area contributed by atoms with Crippen molar-refractivity contribution < 1.29 is 9.47 Å². The number of rotatable bonds is 3. The average Bonchev–Trinajstić information content (AvgIpc) is 2.63. The number of fused-ring (bicyclic) bond motifs is 1. The number of benzene rings is 2. The summed E-state index contributed by atoms with van der Waals surface area (Å²) in [6, 6.07) is 12.9. The fourth-order valence-corrected chi connectivity index (χ4v) is 6.10. The second kappa shape index (κ2) is 5.60. The minimum absolute atomic E-state index is 0.0150. The van der Waals surface area contributed by atoms with E-state index in [1.54, 1.807) is 12.7 Å². The van der Waals surface area contributed by atoms with Gasteiger partial charge in [-0.1, -0.05) is 36.4 Å². The van der Waals surface area contributed by atoms with Gasteiger partial charge in [0.2, 0.25) is 0 Å². The second-order valence-corrected chi connectivity index (χ2v) is 8.25. The fourth-order valence-electron chi connectivity index (χ4n) is 6.10. The Bertz CT molecular complexity index is 831. The lowest BCUT2D eigenvalue weighted by molar-refractivity contribution is -0.0997. The Kier molecular flexibility index (Phi) is 3.46. The fraction of sp³-hybridized carbons (Fsp3) is 0.478. The standard InChI is InChI=1S/C23H26O2/c1-24-21-8-4-6-17-5-3-7-18(22(17)21)12-20-19-10-15-9-16(11-19)14-23(20,13-15)25-2/h3-8,12,15-16,19H,9-11,13-14H2,1-2H3. The molecule has 0 aliphatic heterocycles. The highest BCUT2D eigenvalue weighted by molar-refractivity contribution is 5.96. The molecule has 130 valence electrons. The normalized spacial score (nSPS) is 34.8. The van der Waals surface area contributed by atoms with Crippen LogP contribution in [0.2, 0.25) is 0 Å². The molecule has 0 amide bonds. The Morgan fingerprint density at radius 2 is 1.68 bits per heavy atom. The van der Waals surface area contributed by atoms with Crippen molar-refractivity contribution in [2.45, 2.75) is 37.7 Å². The van der Waals surface area contributed by atoms with E-state index in [1.165, 1.54) is 48.4 Å². The summed E-state index contributed by atoms with van der Waals surface area (Å²) in [5, 5.41) is 2.46. The summed E-state index contributed by atoms with van der Waals surface area (Å²) in [4.78, 5) is 0. The van der Waals surface area contributed by atoms with Crippen LogP contribution in [0.25, 0.3) is 16.8 Å². The third kappa shape index (κ3) is 2.27. The molecule has 2 unspecified atom stereocenters. The van der Waals surface area contributed by atoms with Gasteiger partial charge in [0.15, 0.2) is 0 Å². The van der Waals surface area contributed by atoms with Gasteiger partial charge in [-0.05, 0) is 72.4 Å². The Morgan fingerprint density at radius 1 is 0.960 bits per heavy atom. The molecule has 4 saturated carbocycles. The molecule has 4 fully saturated rings. The summed E-state index contributed by atoms with van der Waals surface area (Å²) in [6.07, 6.45) is 9.01. The largest absolute Gasteiger partial charge is 0.496 e. The minimum Gasteiger partial charge on any atom is -0.496 e. The van der Waals surface area contributed by atoms with Crippen LogP contribution in [0.3, 0.4) is 0 Å². The zero-order valence-corrected chi connectivity index (χ0v) is 15.1. The Morgan fingerprint density at radius 3 is 2.36 bits per heavy atom. The predicted molar refractivity (Wildman–Crippen MR) is 102 cm³/mol. The molecule has 0 radical (unpaired) electrons. The molecule has 2 aromatic rings. The first-order valence-corrected chi connectivity index (χ1v) is 9.55. The van der Waals surface area contributed by atoms with E-state index >= 15 is 0 Å². The quantitative estimate of drug-likeness (QED) is 0.742. The van der Waals surface area contributed by atoms with Crippen molar-refractivity contribution in [1.82, 2.24) is 0 Å². The molecule has 4 bridgehead atoms. The molecule has 4 aliphatic rings. The molecule has 2 aromatic carbocycles. The Balaban J connectivity index is 1.68. The van der Waals surface area contributed by atoms with Crippen LogP contribution in [-0.4, -0.2) is 19.8 Å². The first-order valence-electron chi connectivity index (χ1n) is 9.55. The number of ether oxygens (including phenoxy) is 2. The number of methoxy groups -OCH3 is 2. The third-order valence-corrected chi connectivity index (χ3v) is 6.93. The van der Waals surface area contributed by atoms with Gasteiger partial charge in [0, 0.05) is 12.5 Å². The van der Waals surface area contributed by atoms with Gasteiger partial charge in [0.05, 0.1) is 12.7 Å². The Hall–Kier alpha value is -1.80. The topological polar surface area (TPSA) is 18.5 Å². The zero-order chi connectivity index (χ0) is 17.0. The van der Waals surface area contributed by atoms with Crippen molar-refractivity contribution >= 4 is 16.8 Å². The Labute approximate surface area is 149 Å². The SMILES string of the molecule is COc1cccc2cccc(C=C3C4CC5CC(C4)CC3(OC)C5)c12. The highest BCUT2D eigenvalue weighted by atomic mass is 16.5. The van der Waals surface area contributed by atoms with Crippen molar-refractivity contribution in [3.63, 3.8) is 0 Å². The van der Waals surface area contributed by atoms with E-state index in [1.807, 2.05) is 7.11 Å². The molecule has 0 heterocycles. The summed E-state index contributed by atoms with van der Waals surface area (Å²) in [7, 11) is 3.68. The molecular weight excluding hydrogens is 308 g/mol. The van der Waals surface area contributed by atoms with E-state index in [2.05, 4.69) is 42.5 Å². The smallest absolute Gasteiger partial charge is 0.127 e. The first-order chi connectivity index (χ1) is 12.2. The van der Waals surface area contributed by atoms with Crippen LogP contribution in [0.1, 0.15) is 37.7 Å². The molecule has 0 spiro atoms. The van der Waals surface area contributed by atoms with Crippen molar-refractivity contribution in [2.75, 3.05) is 14.2 Å². The highest BCUT2D eigenvalue weighted by Gasteiger charge is 2.54. The van der Waals surface area contributed by atoms with Gasteiger partial charge in [-0.3, -0.25) is 0 Å². The van der Waals surface area contributed by atoms with Gasteiger partial charge < -0.3 is 9.47 Å². The lowest BCUT2D eigenvalue weighted by atomic mass is 9.52. The van der Waals surface area contributed by atoms with Gasteiger partial charge in [-0.15, -0.1) is 0 Å². The summed E-state index contributed by atoms with van der Waals surface area (Å²) >= 11 is 0. The van der Waals surface area contributed by atoms with Crippen LogP contribution in [0.15, 0.2) is 42.0 Å². The second-order valence-electron chi connectivity index (χ2n) is 8.25. The molecular formula is C23H26O2. The van der Waals surface area contributed by atoms with Crippen LogP contribution in [-0.2, 0) is 4.74 Å². The van der Waals surface area contributed by atoms with Gasteiger partial charge in [-0.25, -0.2) is 0 Å². The van der Waals surface area contributed by atoms with Crippen molar-refractivity contribution in [3.05, 3.63) is 47.5 Å². The molecule has 25 heavy (non-hydrogen) atoms.